The van der Waals surface area contributed by atoms with E-state index in [1.54, 1.807) is 37.9 Å². The van der Waals surface area contributed by atoms with Crippen LogP contribution in [0.5, 0.6) is 5.88 Å². The number of rotatable bonds is 8. The van der Waals surface area contributed by atoms with Gasteiger partial charge < -0.3 is 15.2 Å². The molecule has 8 nitrogen and oxygen atoms in total. The molecule has 0 bridgehead atoms. The van der Waals surface area contributed by atoms with E-state index in [-0.39, 0.29) is 5.56 Å². The molecule has 3 aromatic heterocycles. The molecule has 10 heteroatoms. The SMILES string of the molecule is COc1nc(-c2cccc(-c3cccc(-c4cc5c(=O)n(C)c(CNC[C@H](C)O)nn5c4)c3Cl)c2Cl)ccc1C. The highest BCUT2D eigenvalue weighted by molar-refractivity contribution is 6.39. The predicted molar refractivity (Wildman–Crippen MR) is 159 cm³/mol. The number of hydrogen-bond donors (Lipinski definition) is 2. The number of aromatic nitrogens is 4. The second kappa shape index (κ2) is 11.4. The Hall–Kier alpha value is -3.69. The number of nitrogens with one attached hydrogen (secondary N) is 1. The zero-order valence-corrected chi connectivity index (χ0v) is 24.1. The van der Waals surface area contributed by atoms with Crippen LogP contribution in [0.3, 0.4) is 0 Å². The summed E-state index contributed by atoms with van der Waals surface area (Å²) in [5, 5.41) is 18.3. The minimum atomic E-state index is -0.501. The third kappa shape index (κ3) is 5.23. The van der Waals surface area contributed by atoms with Crippen LogP contribution in [0.2, 0.25) is 10.0 Å². The molecule has 1 atom stereocenters. The Morgan fingerprint density at radius 3 is 2.35 bits per heavy atom. The first-order valence-electron chi connectivity index (χ1n) is 12.8. The van der Waals surface area contributed by atoms with Gasteiger partial charge in [0.05, 0.1) is 35.5 Å². The first kappa shape index (κ1) is 27.9. The molecule has 3 heterocycles. The van der Waals surface area contributed by atoms with E-state index in [9.17, 15) is 9.90 Å². The zero-order chi connectivity index (χ0) is 28.6. The van der Waals surface area contributed by atoms with Gasteiger partial charge in [-0.25, -0.2) is 9.50 Å². The lowest BCUT2D eigenvalue weighted by Crippen LogP contribution is -2.30. The molecule has 0 saturated carbocycles. The molecule has 0 amide bonds. The highest BCUT2D eigenvalue weighted by Gasteiger charge is 2.18. The van der Waals surface area contributed by atoms with Gasteiger partial charge in [-0.1, -0.05) is 65.7 Å². The molecular weight excluding hydrogens is 549 g/mol. The molecular formula is C30H29Cl2N5O3. The van der Waals surface area contributed by atoms with Gasteiger partial charge in [0.15, 0.2) is 0 Å². The molecule has 0 aliphatic carbocycles. The quantitative estimate of drug-likeness (QED) is 0.252. The summed E-state index contributed by atoms with van der Waals surface area (Å²) in [6, 6.07) is 17.1. The first-order valence-corrected chi connectivity index (χ1v) is 13.5. The van der Waals surface area contributed by atoms with Crippen molar-refractivity contribution < 1.29 is 9.84 Å². The lowest BCUT2D eigenvalue weighted by atomic mass is 9.97. The van der Waals surface area contributed by atoms with Crippen LogP contribution in [0.4, 0.5) is 0 Å². The molecule has 0 saturated heterocycles. The van der Waals surface area contributed by atoms with Crippen LogP contribution in [-0.4, -0.2) is 44.0 Å². The average molecular weight is 579 g/mol. The second-order valence-electron chi connectivity index (χ2n) is 9.68. The Labute approximate surface area is 241 Å². The van der Waals surface area contributed by atoms with E-state index in [1.807, 2.05) is 55.5 Å². The van der Waals surface area contributed by atoms with Gasteiger partial charge in [0.2, 0.25) is 5.88 Å². The normalized spacial score (nSPS) is 12.2. The highest BCUT2D eigenvalue weighted by Crippen LogP contribution is 2.42. The van der Waals surface area contributed by atoms with Crippen molar-refractivity contribution >= 4 is 28.7 Å². The van der Waals surface area contributed by atoms with Crippen LogP contribution in [0.1, 0.15) is 18.3 Å². The molecule has 0 aliphatic rings. The summed E-state index contributed by atoms with van der Waals surface area (Å²) in [7, 11) is 3.27. The zero-order valence-electron chi connectivity index (χ0n) is 22.6. The lowest BCUT2D eigenvalue weighted by Gasteiger charge is -2.14. The van der Waals surface area contributed by atoms with Crippen LogP contribution in [-0.2, 0) is 13.6 Å². The summed E-state index contributed by atoms with van der Waals surface area (Å²) in [4.78, 5) is 17.7. The van der Waals surface area contributed by atoms with Crippen molar-refractivity contribution in [3.05, 3.63) is 92.6 Å². The number of halogens is 2. The number of nitrogens with zero attached hydrogens (tertiary/aromatic N) is 4. The van der Waals surface area contributed by atoms with Crippen LogP contribution in [0, 0.1) is 6.92 Å². The molecule has 0 unspecified atom stereocenters. The summed E-state index contributed by atoms with van der Waals surface area (Å²) in [6.45, 7) is 4.36. The second-order valence-corrected chi connectivity index (χ2v) is 10.4. The van der Waals surface area contributed by atoms with E-state index in [1.165, 1.54) is 4.57 Å². The number of fused-ring (bicyclic) bond motifs is 1. The van der Waals surface area contributed by atoms with Gasteiger partial charge in [-0.15, -0.1) is 0 Å². The largest absolute Gasteiger partial charge is 0.481 e. The van der Waals surface area contributed by atoms with Gasteiger partial charge in [-0.2, -0.15) is 5.10 Å². The molecule has 5 aromatic rings. The monoisotopic (exact) mass is 577 g/mol. The van der Waals surface area contributed by atoms with Crippen molar-refractivity contribution in [3.8, 4) is 39.4 Å². The molecule has 0 radical (unpaired) electrons. The maximum absolute atomic E-state index is 13.1. The van der Waals surface area contributed by atoms with Crippen LogP contribution >= 0.6 is 23.2 Å². The number of aliphatic hydroxyl groups excluding tert-OH is 1. The minimum absolute atomic E-state index is 0.181. The molecule has 0 aliphatic heterocycles. The Morgan fingerprint density at radius 2 is 1.68 bits per heavy atom. The standard InChI is InChI=1S/C30H29Cl2N5O3/c1-17-11-12-24(34-29(17)40-4)23-10-6-9-22(28(23)32)21-8-5-7-20(27(21)31)19-13-25-30(39)36(3)26(35-37(25)16-19)15-33-14-18(2)38/h5-13,16,18,33,38H,14-15H2,1-4H3/t18-/m0/s1. The number of pyridine rings is 1. The molecule has 206 valence electrons. The van der Waals surface area contributed by atoms with Crippen molar-refractivity contribution in [1.29, 1.82) is 0 Å². The average Bonchev–Trinajstić information content (AvgIpc) is 3.36. The summed E-state index contributed by atoms with van der Waals surface area (Å²) in [5.74, 6) is 1.09. The summed E-state index contributed by atoms with van der Waals surface area (Å²) < 4.78 is 8.48. The van der Waals surface area contributed by atoms with Gasteiger partial charge in [-0.3, -0.25) is 9.36 Å². The Morgan fingerprint density at radius 1 is 1.02 bits per heavy atom. The van der Waals surface area contributed by atoms with Crippen molar-refractivity contribution in [2.45, 2.75) is 26.5 Å². The third-order valence-electron chi connectivity index (χ3n) is 6.78. The molecule has 40 heavy (non-hydrogen) atoms. The fourth-order valence-electron chi connectivity index (χ4n) is 4.64. The molecule has 2 aromatic carbocycles. The van der Waals surface area contributed by atoms with Crippen molar-refractivity contribution in [2.75, 3.05) is 13.7 Å². The highest BCUT2D eigenvalue weighted by atomic mass is 35.5. The van der Waals surface area contributed by atoms with E-state index in [0.717, 1.165) is 33.4 Å². The van der Waals surface area contributed by atoms with Gasteiger partial charge in [0.1, 0.15) is 11.3 Å². The molecule has 0 fully saturated rings. The van der Waals surface area contributed by atoms with E-state index in [2.05, 4.69) is 15.4 Å². The fraction of sp³-hybridized carbons (Fsp3) is 0.233. The van der Waals surface area contributed by atoms with Crippen LogP contribution in [0.25, 0.3) is 39.0 Å². The number of ether oxygens (including phenoxy) is 1. The van der Waals surface area contributed by atoms with Gasteiger partial charge in [-0.05, 0) is 26.0 Å². The van der Waals surface area contributed by atoms with Crippen molar-refractivity contribution in [1.82, 2.24) is 24.5 Å². The Bertz CT molecular complexity index is 1780. The summed E-state index contributed by atoms with van der Waals surface area (Å²) >= 11 is 13.9. The van der Waals surface area contributed by atoms with Crippen LogP contribution in [0.15, 0.2) is 65.6 Å². The van der Waals surface area contributed by atoms with Crippen LogP contribution < -0.4 is 15.6 Å². The topological polar surface area (TPSA) is 93.7 Å². The smallest absolute Gasteiger partial charge is 0.277 e. The van der Waals surface area contributed by atoms with E-state index >= 15 is 0 Å². The van der Waals surface area contributed by atoms with E-state index in [4.69, 9.17) is 27.9 Å². The molecule has 5 rings (SSSR count). The maximum atomic E-state index is 13.1. The molecule has 0 spiro atoms. The number of benzene rings is 2. The van der Waals surface area contributed by atoms with E-state index < -0.39 is 6.10 Å². The van der Waals surface area contributed by atoms with Crippen molar-refractivity contribution in [3.63, 3.8) is 0 Å². The number of aryl methyl sites for hydroxylation is 1. The van der Waals surface area contributed by atoms with Gasteiger partial charge >= 0.3 is 0 Å². The third-order valence-corrected chi connectivity index (χ3v) is 7.59. The summed E-state index contributed by atoms with van der Waals surface area (Å²) in [6.07, 6.45) is 1.29. The molecule has 2 N–H and O–H groups in total. The van der Waals surface area contributed by atoms with Crippen molar-refractivity contribution in [2.24, 2.45) is 7.05 Å². The Balaban J connectivity index is 1.56. The maximum Gasteiger partial charge on any atom is 0.277 e. The minimum Gasteiger partial charge on any atom is -0.481 e. The summed E-state index contributed by atoms with van der Waals surface area (Å²) in [5.41, 5.74) is 5.65. The number of hydrogen-bond acceptors (Lipinski definition) is 6. The number of aliphatic hydroxyl groups is 1. The predicted octanol–water partition coefficient (Wildman–Crippen LogP) is 5.52. The first-order chi connectivity index (χ1) is 19.2. The van der Waals surface area contributed by atoms with Gasteiger partial charge in [0, 0.05) is 53.2 Å². The lowest BCUT2D eigenvalue weighted by molar-refractivity contribution is 0.190. The number of methoxy groups -OCH3 is 1. The van der Waals surface area contributed by atoms with E-state index in [0.29, 0.717) is 46.0 Å². The fourth-order valence-corrected chi connectivity index (χ4v) is 5.30. The Kier molecular flexibility index (Phi) is 7.96. The van der Waals surface area contributed by atoms with Gasteiger partial charge in [0.25, 0.3) is 5.56 Å².